The summed E-state index contributed by atoms with van der Waals surface area (Å²) >= 11 is 3.11. The van der Waals surface area contributed by atoms with Crippen LogP contribution >= 0.6 is 23.1 Å². The van der Waals surface area contributed by atoms with E-state index in [4.69, 9.17) is 0 Å². The average molecular weight is 358 g/mol. The van der Waals surface area contributed by atoms with Gasteiger partial charge in [-0.2, -0.15) is 0 Å². The van der Waals surface area contributed by atoms with Crippen molar-refractivity contribution in [1.29, 1.82) is 0 Å². The van der Waals surface area contributed by atoms with E-state index >= 15 is 0 Å². The summed E-state index contributed by atoms with van der Waals surface area (Å²) in [4.78, 5) is 12.2. The molecule has 0 aliphatic carbocycles. The van der Waals surface area contributed by atoms with Crippen molar-refractivity contribution >= 4 is 44.9 Å². The molecule has 0 aliphatic heterocycles. The van der Waals surface area contributed by atoms with Crippen LogP contribution in [0.1, 0.15) is 25.3 Å². The Kier molecular flexibility index (Phi) is 5.82. The predicted octanol–water partition coefficient (Wildman–Crippen LogP) is 4.76. The lowest BCUT2D eigenvalue weighted by atomic mass is 10.0. The second-order valence-electron chi connectivity index (χ2n) is 5.41. The van der Waals surface area contributed by atoms with Crippen LogP contribution in [0, 0.1) is 0 Å². The maximum absolute atomic E-state index is 12.2. The van der Waals surface area contributed by atoms with E-state index in [0.717, 1.165) is 16.5 Å². The molecule has 0 atom stereocenters. The highest BCUT2D eigenvalue weighted by molar-refractivity contribution is 8.01. The topological polar surface area (TPSA) is 54.9 Å². The van der Waals surface area contributed by atoms with Crippen LogP contribution in [0.3, 0.4) is 0 Å². The first-order chi connectivity index (χ1) is 11.8. The number of aryl methyl sites for hydroxylation is 1. The smallest absolute Gasteiger partial charge is 0.226 e. The monoisotopic (exact) mass is 357 g/mol. The summed E-state index contributed by atoms with van der Waals surface area (Å²) in [6, 6.07) is 14.5. The Bertz CT molecular complexity index is 827. The van der Waals surface area contributed by atoms with Gasteiger partial charge < -0.3 is 5.32 Å². The molecule has 0 saturated carbocycles. The Balaban J connectivity index is 1.58. The van der Waals surface area contributed by atoms with Crippen LogP contribution in [0.25, 0.3) is 10.8 Å². The van der Waals surface area contributed by atoms with E-state index in [1.54, 1.807) is 11.8 Å². The minimum absolute atomic E-state index is 0.0221. The van der Waals surface area contributed by atoms with Crippen LogP contribution in [-0.2, 0) is 11.2 Å². The first kappa shape index (κ1) is 16.9. The molecule has 1 heterocycles. The Morgan fingerprint density at radius 2 is 2.00 bits per heavy atom. The molecular weight excluding hydrogens is 338 g/mol. The molecule has 0 fully saturated rings. The third-order valence-electron chi connectivity index (χ3n) is 3.58. The van der Waals surface area contributed by atoms with Gasteiger partial charge in [0, 0.05) is 12.2 Å². The molecule has 3 rings (SSSR count). The summed E-state index contributed by atoms with van der Waals surface area (Å²) in [5.74, 6) is 0.995. The van der Waals surface area contributed by atoms with Gasteiger partial charge in [0.15, 0.2) is 4.34 Å². The SMILES string of the molecule is CCCSc1nnc(NC(=O)CCc2cccc3ccccc23)s1. The highest BCUT2D eigenvalue weighted by Crippen LogP contribution is 2.26. The summed E-state index contributed by atoms with van der Waals surface area (Å²) in [6.07, 6.45) is 2.24. The molecule has 4 nitrogen and oxygen atoms in total. The Morgan fingerprint density at radius 1 is 1.17 bits per heavy atom. The van der Waals surface area contributed by atoms with Crippen LogP contribution in [0.4, 0.5) is 5.13 Å². The molecule has 0 saturated heterocycles. The normalized spacial score (nSPS) is 10.9. The van der Waals surface area contributed by atoms with Gasteiger partial charge in [0.05, 0.1) is 0 Å². The summed E-state index contributed by atoms with van der Waals surface area (Å²) in [6.45, 7) is 2.13. The van der Waals surface area contributed by atoms with Crippen molar-refractivity contribution in [2.45, 2.75) is 30.5 Å². The van der Waals surface area contributed by atoms with Crippen LogP contribution in [0.5, 0.6) is 0 Å². The van der Waals surface area contributed by atoms with Gasteiger partial charge in [-0.3, -0.25) is 4.79 Å². The minimum atomic E-state index is -0.0221. The van der Waals surface area contributed by atoms with E-state index in [1.807, 2.05) is 18.2 Å². The number of hydrogen-bond acceptors (Lipinski definition) is 5. The zero-order valence-electron chi connectivity index (χ0n) is 13.5. The quantitative estimate of drug-likeness (QED) is 0.489. The summed E-state index contributed by atoms with van der Waals surface area (Å²) in [5, 5.41) is 14.0. The number of nitrogens with zero attached hydrogens (tertiary/aromatic N) is 2. The molecule has 1 amide bonds. The van der Waals surface area contributed by atoms with Crippen molar-refractivity contribution in [3.8, 4) is 0 Å². The lowest BCUT2D eigenvalue weighted by Gasteiger charge is -2.06. The van der Waals surface area contributed by atoms with E-state index in [1.165, 1.54) is 27.7 Å². The van der Waals surface area contributed by atoms with Gasteiger partial charge in [0.25, 0.3) is 0 Å². The second kappa shape index (κ2) is 8.26. The summed E-state index contributed by atoms with van der Waals surface area (Å²) in [5.41, 5.74) is 1.19. The number of rotatable bonds is 7. The van der Waals surface area contributed by atoms with Gasteiger partial charge in [-0.05, 0) is 29.2 Å². The molecule has 0 bridgehead atoms. The number of thioether (sulfide) groups is 1. The summed E-state index contributed by atoms with van der Waals surface area (Å²) in [7, 11) is 0. The van der Waals surface area contributed by atoms with Gasteiger partial charge >= 0.3 is 0 Å². The first-order valence-electron chi connectivity index (χ1n) is 7.99. The van der Waals surface area contributed by atoms with Crippen molar-refractivity contribution in [1.82, 2.24) is 10.2 Å². The minimum Gasteiger partial charge on any atom is -0.300 e. The lowest BCUT2D eigenvalue weighted by Crippen LogP contribution is -2.12. The maximum atomic E-state index is 12.2. The first-order valence-corrected chi connectivity index (χ1v) is 9.79. The van der Waals surface area contributed by atoms with Crippen LogP contribution < -0.4 is 5.32 Å². The Morgan fingerprint density at radius 3 is 2.88 bits per heavy atom. The van der Waals surface area contributed by atoms with E-state index in [0.29, 0.717) is 18.0 Å². The van der Waals surface area contributed by atoms with Gasteiger partial charge in [0.2, 0.25) is 11.0 Å². The van der Waals surface area contributed by atoms with Crippen molar-refractivity contribution in [2.24, 2.45) is 0 Å². The van der Waals surface area contributed by atoms with Gasteiger partial charge in [0.1, 0.15) is 0 Å². The zero-order chi connectivity index (χ0) is 16.8. The molecule has 0 radical (unpaired) electrons. The predicted molar refractivity (Wildman–Crippen MR) is 102 cm³/mol. The number of carbonyl (C=O) groups excluding carboxylic acids is 1. The molecule has 0 unspecified atom stereocenters. The molecule has 1 aromatic heterocycles. The fourth-order valence-electron chi connectivity index (χ4n) is 2.45. The number of hydrogen-bond donors (Lipinski definition) is 1. The van der Waals surface area contributed by atoms with Crippen LogP contribution in [0.2, 0.25) is 0 Å². The van der Waals surface area contributed by atoms with Crippen molar-refractivity contribution in [3.05, 3.63) is 48.0 Å². The van der Waals surface area contributed by atoms with Gasteiger partial charge in [-0.15, -0.1) is 10.2 Å². The molecule has 24 heavy (non-hydrogen) atoms. The highest BCUT2D eigenvalue weighted by atomic mass is 32.2. The third-order valence-corrected chi connectivity index (χ3v) is 5.76. The van der Waals surface area contributed by atoms with Crippen molar-refractivity contribution in [2.75, 3.05) is 11.1 Å². The molecule has 124 valence electrons. The van der Waals surface area contributed by atoms with Gasteiger partial charge in [-0.1, -0.05) is 72.5 Å². The van der Waals surface area contributed by atoms with Crippen molar-refractivity contribution in [3.63, 3.8) is 0 Å². The molecule has 0 aliphatic rings. The van der Waals surface area contributed by atoms with Crippen LogP contribution in [-0.4, -0.2) is 21.9 Å². The molecular formula is C18H19N3OS2. The number of anilines is 1. The van der Waals surface area contributed by atoms with Crippen LogP contribution in [0.15, 0.2) is 46.8 Å². The number of carbonyl (C=O) groups is 1. The number of amides is 1. The standard InChI is InChI=1S/C18H19N3OS2/c1-2-12-23-18-21-20-17(24-18)19-16(22)11-10-14-8-5-7-13-6-3-4-9-15(13)14/h3-9H,2,10-12H2,1H3,(H,19,20,22). The Hall–Kier alpha value is -1.92. The number of benzene rings is 2. The molecule has 2 aromatic carbocycles. The third kappa shape index (κ3) is 4.33. The van der Waals surface area contributed by atoms with E-state index in [9.17, 15) is 4.79 Å². The maximum Gasteiger partial charge on any atom is 0.226 e. The second-order valence-corrected chi connectivity index (χ2v) is 7.73. The van der Waals surface area contributed by atoms with Gasteiger partial charge in [-0.25, -0.2) is 0 Å². The number of fused-ring (bicyclic) bond motifs is 1. The lowest BCUT2D eigenvalue weighted by molar-refractivity contribution is -0.116. The fraction of sp³-hybridized carbons (Fsp3) is 0.278. The summed E-state index contributed by atoms with van der Waals surface area (Å²) < 4.78 is 0.904. The fourth-order valence-corrected chi connectivity index (χ4v) is 4.14. The van der Waals surface area contributed by atoms with E-state index < -0.39 is 0 Å². The number of nitrogens with one attached hydrogen (secondary N) is 1. The largest absolute Gasteiger partial charge is 0.300 e. The average Bonchev–Trinajstić information content (AvgIpc) is 3.05. The van der Waals surface area contributed by atoms with E-state index in [-0.39, 0.29) is 5.91 Å². The number of aromatic nitrogens is 2. The van der Waals surface area contributed by atoms with Crippen molar-refractivity contribution < 1.29 is 4.79 Å². The molecule has 3 aromatic rings. The molecule has 1 N–H and O–H groups in total. The zero-order valence-corrected chi connectivity index (χ0v) is 15.1. The Labute approximate surface area is 149 Å². The molecule has 6 heteroatoms. The molecule has 0 spiro atoms. The highest BCUT2D eigenvalue weighted by Gasteiger charge is 2.09. The van der Waals surface area contributed by atoms with E-state index in [2.05, 4.69) is 46.7 Å².